The molecule has 0 radical (unpaired) electrons. The van der Waals surface area contributed by atoms with Crippen molar-refractivity contribution in [3.05, 3.63) is 64.2 Å². The molecular formula is C19H16ClFN2O3. The van der Waals surface area contributed by atoms with Crippen molar-refractivity contribution in [2.75, 3.05) is 0 Å². The first kappa shape index (κ1) is 18.1. The summed E-state index contributed by atoms with van der Waals surface area (Å²) >= 11 is 5.83. The Morgan fingerprint density at radius 2 is 1.88 bits per heavy atom. The Bertz CT molecular complexity index is 1020. The molecule has 1 N–H and O–H groups in total. The first-order chi connectivity index (χ1) is 12.2. The molecule has 26 heavy (non-hydrogen) atoms. The minimum absolute atomic E-state index is 0.102. The van der Waals surface area contributed by atoms with Gasteiger partial charge in [-0.3, -0.25) is 4.79 Å². The van der Waals surface area contributed by atoms with Crippen LogP contribution in [0.5, 0.6) is 0 Å². The minimum Gasteiger partial charge on any atom is -0.456 e. The molecule has 0 aliphatic carbocycles. The summed E-state index contributed by atoms with van der Waals surface area (Å²) in [7, 11) is 0. The summed E-state index contributed by atoms with van der Waals surface area (Å²) in [6.45, 7) is 5.18. The number of rotatable bonds is 3. The second-order valence-electron chi connectivity index (χ2n) is 6.76. The summed E-state index contributed by atoms with van der Waals surface area (Å²) < 4.78 is 19.5. The number of benzene rings is 1. The summed E-state index contributed by atoms with van der Waals surface area (Å²) in [5.74, 6) is -1.92. The zero-order valence-corrected chi connectivity index (χ0v) is 15.1. The number of hydrogen-bond donors (Lipinski definition) is 1. The number of carbonyl (C=O) groups is 2. The van der Waals surface area contributed by atoms with E-state index in [0.29, 0.717) is 11.0 Å². The third-order valence-electron chi connectivity index (χ3n) is 3.59. The van der Waals surface area contributed by atoms with Crippen LogP contribution in [0, 0.1) is 5.82 Å². The number of hydrogen-bond acceptors (Lipinski definition) is 4. The van der Waals surface area contributed by atoms with E-state index < -0.39 is 23.2 Å². The van der Waals surface area contributed by atoms with E-state index in [1.807, 2.05) is 0 Å². The predicted octanol–water partition coefficient (Wildman–Crippen LogP) is 4.54. The fourth-order valence-electron chi connectivity index (χ4n) is 2.48. The lowest BCUT2D eigenvalue weighted by Gasteiger charge is -2.19. The average Bonchev–Trinajstić information content (AvgIpc) is 2.95. The Kier molecular flexibility index (Phi) is 4.54. The third-order valence-corrected chi connectivity index (χ3v) is 3.81. The molecule has 5 nitrogen and oxygen atoms in total. The fraction of sp³-hybridized carbons (Fsp3) is 0.211. The maximum absolute atomic E-state index is 14.3. The van der Waals surface area contributed by atoms with Crippen LogP contribution in [0.3, 0.4) is 0 Å². The van der Waals surface area contributed by atoms with Crippen molar-refractivity contribution >= 4 is 34.4 Å². The first-order valence-corrected chi connectivity index (χ1v) is 8.25. The number of aromatic nitrogens is 2. The zero-order valence-electron chi connectivity index (χ0n) is 14.4. The van der Waals surface area contributed by atoms with Crippen LogP contribution >= 0.6 is 11.6 Å². The smallest absolute Gasteiger partial charge is 0.338 e. The van der Waals surface area contributed by atoms with Crippen LogP contribution in [0.25, 0.3) is 11.0 Å². The van der Waals surface area contributed by atoms with E-state index in [1.54, 1.807) is 32.9 Å². The van der Waals surface area contributed by atoms with Gasteiger partial charge in [0.15, 0.2) is 5.78 Å². The number of nitrogens with one attached hydrogen (secondary N) is 1. The topological polar surface area (TPSA) is 72.1 Å². The zero-order chi connectivity index (χ0) is 19.1. The summed E-state index contributed by atoms with van der Waals surface area (Å²) in [5.41, 5.74) is -0.152. The molecule has 2 aromatic heterocycles. The largest absolute Gasteiger partial charge is 0.456 e. The molecular weight excluding hydrogens is 359 g/mol. The maximum Gasteiger partial charge on any atom is 0.338 e. The molecule has 0 saturated heterocycles. The van der Waals surface area contributed by atoms with Gasteiger partial charge in [0.25, 0.3) is 0 Å². The van der Waals surface area contributed by atoms with Crippen LogP contribution in [-0.2, 0) is 4.74 Å². The van der Waals surface area contributed by atoms with Gasteiger partial charge >= 0.3 is 5.97 Å². The van der Waals surface area contributed by atoms with Crippen molar-refractivity contribution in [2.24, 2.45) is 0 Å². The van der Waals surface area contributed by atoms with E-state index in [9.17, 15) is 14.0 Å². The van der Waals surface area contributed by atoms with Crippen molar-refractivity contribution in [3.8, 4) is 0 Å². The lowest BCUT2D eigenvalue weighted by atomic mass is 10.0. The molecule has 7 heteroatoms. The second kappa shape index (κ2) is 6.53. The standard InChI is InChI=1S/C19H16ClFN2O3/c1-19(2,3)26-18(25)10-4-6-14(21)12(8-10)16(24)13-9-22-17-11(13)5-7-15(20)23-17/h4-9H,1-3H3,(H,22,23). The van der Waals surface area contributed by atoms with Gasteiger partial charge in [0.2, 0.25) is 0 Å². The normalized spacial score (nSPS) is 11.6. The Morgan fingerprint density at radius 1 is 1.15 bits per heavy atom. The van der Waals surface area contributed by atoms with E-state index in [-0.39, 0.29) is 21.8 Å². The van der Waals surface area contributed by atoms with E-state index in [1.165, 1.54) is 18.3 Å². The molecule has 0 spiro atoms. The van der Waals surface area contributed by atoms with Gasteiger partial charge in [0.05, 0.1) is 11.1 Å². The lowest BCUT2D eigenvalue weighted by Crippen LogP contribution is -2.24. The molecule has 1 aromatic carbocycles. The quantitative estimate of drug-likeness (QED) is 0.415. The van der Waals surface area contributed by atoms with Gasteiger partial charge in [-0.05, 0) is 51.1 Å². The van der Waals surface area contributed by atoms with Crippen LogP contribution < -0.4 is 0 Å². The molecule has 0 fully saturated rings. The Balaban J connectivity index is 2.01. The van der Waals surface area contributed by atoms with E-state index in [4.69, 9.17) is 16.3 Å². The van der Waals surface area contributed by atoms with E-state index in [2.05, 4.69) is 9.97 Å². The molecule has 0 aliphatic heterocycles. The number of fused-ring (bicyclic) bond motifs is 1. The lowest BCUT2D eigenvalue weighted by molar-refractivity contribution is 0.00694. The Labute approximate surface area is 154 Å². The predicted molar refractivity (Wildman–Crippen MR) is 96.1 cm³/mol. The van der Waals surface area contributed by atoms with Gasteiger partial charge in [-0.1, -0.05) is 11.6 Å². The highest BCUT2D eigenvalue weighted by Crippen LogP contribution is 2.24. The number of H-pyrrole nitrogens is 1. The molecule has 2 heterocycles. The van der Waals surface area contributed by atoms with Crippen molar-refractivity contribution in [1.82, 2.24) is 9.97 Å². The Morgan fingerprint density at radius 3 is 2.58 bits per heavy atom. The number of ether oxygens (including phenoxy) is 1. The second-order valence-corrected chi connectivity index (χ2v) is 7.15. The molecule has 0 saturated carbocycles. The van der Waals surface area contributed by atoms with Crippen molar-refractivity contribution in [3.63, 3.8) is 0 Å². The number of aromatic amines is 1. The van der Waals surface area contributed by atoms with Crippen LogP contribution in [0.2, 0.25) is 5.15 Å². The number of carbonyl (C=O) groups excluding carboxylic acids is 2. The van der Waals surface area contributed by atoms with Crippen LogP contribution in [0.4, 0.5) is 4.39 Å². The highest BCUT2D eigenvalue weighted by Gasteiger charge is 2.23. The summed E-state index contributed by atoms with van der Waals surface area (Å²) in [5, 5.41) is 0.790. The first-order valence-electron chi connectivity index (χ1n) is 7.87. The molecule has 0 unspecified atom stereocenters. The van der Waals surface area contributed by atoms with Crippen molar-refractivity contribution in [1.29, 1.82) is 0 Å². The number of ketones is 1. The van der Waals surface area contributed by atoms with Crippen LogP contribution in [0.15, 0.2) is 36.5 Å². The van der Waals surface area contributed by atoms with Crippen molar-refractivity contribution < 1.29 is 18.7 Å². The number of nitrogens with zero attached hydrogens (tertiary/aromatic N) is 1. The van der Waals surface area contributed by atoms with Gasteiger partial charge in [-0.25, -0.2) is 14.2 Å². The van der Waals surface area contributed by atoms with Gasteiger partial charge in [0.1, 0.15) is 22.2 Å². The summed E-state index contributed by atoms with van der Waals surface area (Å²) in [4.78, 5) is 31.9. The van der Waals surface area contributed by atoms with Crippen molar-refractivity contribution in [2.45, 2.75) is 26.4 Å². The van der Waals surface area contributed by atoms with Gasteiger partial charge in [-0.2, -0.15) is 0 Å². The van der Waals surface area contributed by atoms with Gasteiger partial charge < -0.3 is 9.72 Å². The monoisotopic (exact) mass is 374 g/mol. The Hall–Kier alpha value is -2.73. The number of pyridine rings is 1. The third kappa shape index (κ3) is 3.60. The molecule has 0 atom stereocenters. The van der Waals surface area contributed by atoms with Crippen LogP contribution in [0.1, 0.15) is 47.1 Å². The molecule has 0 aliphatic rings. The molecule has 0 amide bonds. The average molecular weight is 375 g/mol. The molecule has 134 valence electrons. The number of halogens is 2. The number of esters is 1. The van der Waals surface area contributed by atoms with E-state index >= 15 is 0 Å². The van der Waals surface area contributed by atoms with Gasteiger partial charge in [-0.15, -0.1) is 0 Å². The molecule has 3 aromatic rings. The molecule has 3 rings (SSSR count). The SMILES string of the molecule is CC(C)(C)OC(=O)c1ccc(F)c(C(=O)c2c[nH]c3nc(Cl)ccc23)c1. The van der Waals surface area contributed by atoms with Crippen LogP contribution in [-0.4, -0.2) is 27.3 Å². The summed E-state index contributed by atoms with van der Waals surface area (Å²) in [6, 6.07) is 6.74. The van der Waals surface area contributed by atoms with Gasteiger partial charge in [0, 0.05) is 17.1 Å². The fourth-order valence-corrected chi connectivity index (χ4v) is 2.62. The summed E-state index contributed by atoms with van der Waals surface area (Å²) in [6.07, 6.45) is 1.44. The maximum atomic E-state index is 14.3. The molecule has 0 bridgehead atoms. The minimum atomic E-state index is -0.724. The highest BCUT2D eigenvalue weighted by molar-refractivity contribution is 6.30. The van der Waals surface area contributed by atoms with E-state index in [0.717, 1.165) is 6.07 Å². The highest BCUT2D eigenvalue weighted by atomic mass is 35.5.